The van der Waals surface area contributed by atoms with Gasteiger partial charge >= 0.3 is 0 Å². The average Bonchev–Trinajstić information content (AvgIpc) is 2.92. The Kier molecular flexibility index (Phi) is 3.59. The SMILES string of the molecule is CC(NC(=O)c1ccc(NN)cc1)c1cn[nH]c1. The summed E-state index contributed by atoms with van der Waals surface area (Å²) in [6.07, 6.45) is 3.44. The predicted molar refractivity (Wildman–Crippen MR) is 68.7 cm³/mol. The summed E-state index contributed by atoms with van der Waals surface area (Å²) in [7, 11) is 0. The second kappa shape index (κ2) is 5.33. The number of nitrogens with two attached hydrogens (primary N) is 1. The van der Waals surface area contributed by atoms with Crippen molar-refractivity contribution < 1.29 is 4.79 Å². The van der Waals surface area contributed by atoms with Gasteiger partial charge in [-0.05, 0) is 31.2 Å². The van der Waals surface area contributed by atoms with Gasteiger partial charge in [-0.3, -0.25) is 15.7 Å². The summed E-state index contributed by atoms with van der Waals surface area (Å²) in [5.41, 5.74) is 4.79. The van der Waals surface area contributed by atoms with Crippen LogP contribution in [-0.2, 0) is 0 Å². The number of anilines is 1. The lowest BCUT2D eigenvalue weighted by Crippen LogP contribution is -2.26. The zero-order valence-corrected chi connectivity index (χ0v) is 9.97. The lowest BCUT2D eigenvalue weighted by molar-refractivity contribution is 0.0940. The summed E-state index contributed by atoms with van der Waals surface area (Å²) in [5.74, 6) is 5.13. The lowest BCUT2D eigenvalue weighted by Gasteiger charge is -2.12. The molecule has 1 aromatic heterocycles. The summed E-state index contributed by atoms with van der Waals surface area (Å²) in [5, 5.41) is 9.45. The minimum Gasteiger partial charge on any atom is -0.345 e. The summed E-state index contributed by atoms with van der Waals surface area (Å²) >= 11 is 0. The van der Waals surface area contributed by atoms with Crippen LogP contribution >= 0.6 is 0 Å². The maximum atomic E-state index is 12.0. The van der Waals surface area contributed by atoms with Gasteiger partial charge in [-0.2, -0.15) is 5.10 Å². The molecule has 0 fully saturated rings. The van der Waals surface area contributed by atoms with E-state index in [0.29, 0.717) is 5.56 Å². The zero-order chi connectivity index (χ0) is 13.0. The quantitative estimate of drug-likeness (QED) is 0.480. The first kappa shape index (κ1) is 12.1. The summed E-state index contributed by atoms with van der Waals surface area (Å²) in [4.78, 5) is 12.0. The minimum absolute atomic E-state index is 0.0939. The van der Waals surface area contributed by atoms with Gasteiger partial charge in [0.25, 0.3) is 5.91 Å². The molecule has 2 aromatic rings. The number of nitrogens with zero attached hydrogens (tertiary/aromatic N) is 1. The van der Waals surface area contributed by atoms with Crippen LogP contribution in [0.25, 0.3) is 0 Å². The van der Waals surface area contributed by atoms with Crippen LogP contribution in [0, 0.1) is 0 Å². The van der Waals surface area contributed by atoms with E-state index in [1.807, 2.05) is 6.92 Å². The summed E-state index contributed by atoms with van der Waals surface area (Å²) < 4.78 is 0. The molecular weight excluding hydrogens is 230 g/mol. The van der Waals surface area contributed by atoms with Crippen molar-refractivity contribution in [2.24, 2.45) is 5.84 Å². The van der Waals surface area contributed by atoms with Gasteiger partial charge in [0.2, 0.25) is 0 Å². The molecule has 1 atom stereocenters. The van der Waals surface area contributed by atoms with Crippen LogP contribution in [0.5, 0.6) is 0 Å². The monoisotopic (exact) mass is 245 g/mol. The van der Waals surface area contributed by atoms with Gasteiger partial charge in [-0.15, -0.1) is 0 Å². The Labute approximate surface area is 105 Å². The molecule has 1 amide bonds. The molecule has 6 nitrogen and oxygen atoms in total. The third-order valence-electron chi connectivity index (χ3n) is 2.68. The Bertz CT molecular complexity index is 506. The molecule has 6 heteroatoms. The van der Waals surface area contributed by atoms with Crippen molar-refractivity contribution in [3.8, 4) is 0 Å². The Morgan fingerprint density at radius 3 is 2.67 bits per heavy atom. The van der Waals surface area contributed by atoms with E-state index < -0.39 is 0 Å². The van der Waals surface area contributed by atoms with Crippen LogP contribution in [0.1, 0.15) is 28.9 Å². The Morgan fingerprint density at radius 1 is 1.39 bits per heavy atom. The fourth-order valence-electron chi connectivity index (χ4n) is 1.58. The highest BCUT2D eigenvalue weighted by Crippen LogP contribution is 2.12. The second-order valence-corrected chi connectivity index (χ2v) is 3.95. The number of hydrogen-bond donors (Lipinski definition) is 4. The first-order valence-electron chi connectivity index (χ1n) is 5.57. The number of amides is 1. The van der Waals surface area contributed by atoms with Crippen molar-refractivity contribution in [1.82, 2.24) is 15.5 Å². The number of H-pyrrole nitrogens is 1. The molecule has 0 aliphatic rings. The first-order chi connectivity index (χ1) is 8.70. The number of carbonyl (C=O) groups is 1. The smallest absolute Gasteiger partial charge is 0.251 e. The molecule has 18 heavy (non-hydrogen) atoms. The van der Waals surface area contributed by atoms with Crippen molar-refractivity contribution in [2.45, 2.75) is 13.0 Å². The molecule has 94 valence electrons. The molecule has 0 saturated carbocycles. The maximum absolute atomic E-state index is 12.0. The molecule has 1 heterocycles. The third kappa shape index (κ3) is 2.67. The van der Waals surface area contributed by atoms with Gasteiger partial charge in [0.1, 0.15) is 0 Å². The van der Waals surface area contributed by atoms with E-state index in [-0.39, 0.29) is 11.9 Å². The summed E-state index contributed by atoms with van der Waals surface area (Å²) in [6, 6.07) is 6.83. The van der Waals surface area contributed by atoms with Crippen LogP contribution in [0.4, 0.5) is 5.69 Å². The largest absolute Gasteiger partial charge is 0.345 e. The summed E-state index contributed by atoms with van der Waals surface area (Å²) in [6.45, 7) is 1.90. The van der Waals surface area contributed by atoms with Crippen LogP contribution in [0.2, 0.25) is 0 Å². The fraction of sp³-hybridized carbons (Fsp3) is 0.167. The Hall–Kier alpha value is -2.34. The molecule has 1 unspecified atom stereocenters. The fourth-order valence-corrected chi connectivity index (χ4v) is 1.58. The molecule has 0 aliphatic heterocycles. The molecule has 2 rings (SSSR count). The minimum atomic E-state index is -0.132. The van der Waals surface area contributed by atoms with Gasteiger partial charge in [0.15, 0.2) is 0 Å². The van der Waals surface area contributed by atoms with Crippen LogP contribution < -0.4 is 16.6 Å². The zero-order valence-electron chi connectivity index (χ0n) is 9.97. The van der Waals surface area contributed by atoms with Crippen LogP contribution in [0.3, 0.4) is 0 Å². The van der Waals surface area contributed by atoms with Gasteiger partial charge in [-0.25, -0.2) is 0 Å². The molecular formula is C12H15N5O. The molecule has 0 aliphatic carbocycles. The highest BCUT2D eigenvalue weighted by Gasteiger charge is 2.11. The van der Waals surface area contributed by atoms with Crippen molar-refractivity contribution in [3.05, 3.63) is 47.8 Å². The number of benzene rings is 1. The van der Waals surface area contributed by atoms with Crippen molar-refractivity contribution in [1.29, 1.82) is 0 Å². The standard InChI is InChI=1S/C12H15N5O/c1-8(10-6-14-15-7-10)16-12(18)9-2-4-11(17-13)5-3-9/h2-8,17H,13H2,1H3,(H,14,15)(H,16,18). The molecule has 1 aromatic carbocycles. The second-order valence-electron chi connectivity index (χ2n) is 3.95. The average molecular weight is 245 g/mol. The van der Waals surface area contributed by atoms with E-state index in [2.05, 4.69) is 20.9 Å². The lowest BCUT2D eigenvalue weighted by atomic mass is 10.1. The maximum Gasteiger partial charge on any atom is 0.251 e. The number of rotatable bonds is 4. The van der Waals surface area contributed by atoms with E-state index in [9.17, 15) is 4.79 Å². The normalized spacial score (nSPS) is 11.9. The number of aromatic nitrogens is 2. The van der Waals surface area contributed by atoms with E-state index in [4.69, 9.17) is 5.84 Å². The number of nitrogen functional groups attached to an aromatic ring is 1. The van der Waals surface area contributed by atoms with Gasteiger partial charge in [0.05, 0.1) is 12.2 Å². The molecule has 0 saturated heterocycles. The van der Waals surface area contributed by atoms with Crippen LogP contribution in [0.15, 0.2) is 36.7 Å². The Balaban J connectivity index is 2.03. The van der Waals surface area contributed by atoms with Crippen molar-refractivity contribution in [2.75, 3.05) is 5.43 Å². The van der Waals surface area contributed by atoms with E-state index in [0.717, 1.165) is 11.3 Å². The van der Waals surface area contributed by atoms with E-state index in [1.165, 1.54) is 0 Å². The van der Waals surface area contributed by atoms with Crippen molar-refractivity contribution in [3.63, 3.8) is 0 Å². The first-order valence-corrected chi connectivity index (χ1v) is 5.57. The number of nitrogens with one attached hydrogen (secondary N) is 3. The molecule has 5 N–H and O–H groups in total. The predicted octanol–water partition coefficient (Wildman–Crippen LogP) is 1.19. The third-order valence-corrected chi connectivity index (χ3v) is 2.68. The van der Waals surface area contributed by atoms with E-state index >= 15 is 0 Å². The topological polar surface area (TPSA) is 95.8 Å². The molecule has 0 spiro atoms. The van der Waals surface area contributed by atoms with Gasteiger partial charge in [-0.1, -0.05) is 0 Å². The molecule has 0 bridgehead atoms. The van der Waals surface area contributed by atoms with E-state index in [1.54, 1.807) is 36.7 Å². The molecule has 0 radical (unpaired) electrons. The Morgan fingerprint density at radius 2 is 2.11 bits per heavy atom. The van der Waals surface area contributed by atoms with Crippen LogP contribution in [-0.4, -0.2) is 16.1 Å². The highest BCUT2D eigenvalue weighted by molar-refractivity contribution is 5.94. The van der Waals surface area contributed by atoms with Crippen molar-refractivity contribution >= 4 is 11.6 Å². The van der Waals surface area contributed by atoms with Gasteiger partial charge in [0, 0.05) is 23.0 Å². The van der Waals surface area contributed by atoms with Gasteiger partial charge < -0.3 is 10.7 Å². The number of hydrogen-bond acceptors (Lipinski definition) is 4. The number of hydrazine groups is 1. The number of aromatic amines is 1. The number of carbonyl (C=O) groups excluding carboxylic acids is 1. The highest BCUT2D eigenvalue weighted by atomic mass is 16.1.